The summed E-state index contributed by atoms with van der Waals surface area (Å²) < 4.78 is 0. The first-order chi connectivity index (χ1) is 9.15. The second-order valence-electron chi connectivity index (χ2n) is 5.60. The van der Waals surface area contributed by atoms with Crippen molar-refractivity contribution < 1.29 is 4.79 Å². The third kappa shape index (κ3) is 4.35. The minimum absolute atomic E-state index is 0.146. The Morgan fingerprint density at radius 3 is 2.79 bits per heavy atom. The van der Waals surface area contributed by atoms with Gasteiger partial charge in [-0.1, -0.05) is 12.1 Å². The zero-order valence-electron chi connectivity index (χ0n) is 12.0. The monoisotopic (exact) mass is 260 g/mol. The summed E-state index contributed by atoms with van der Waals surface area (Å²) in [6, 6.07) is 6.16. The van der Waals surface area contributed by atoms with Gasteiger partial charge in [0.25, 0.3) is 0 Å². The van der Waals surface area contributed by atoms with E-state index < -0.39 is 0 Å². The number of carbonyl (C=O) groups excluding carboxylic acids is 1. The predicted molar refractivity (Wildman–Crippen MR) is 79.4 cm³/mol. The van der Waals surface area contributed by atoms with Crippen molar-refractivity contribution in [3.05, 3.63) is 29.3 Å². The maximum Gasteiger partial charge on any atom is 0.224 e. The molecule has 2 rings (SSSR count). The third-order valence-electron chi connectivity index (χ3n) is 3.91. The summed E-state index contributed by atoms with van der Waals surface area (Å²) in [7, 11) is 0. The highest BCUT2D eigenvalue weighted by Gasteiger charge is 2.14. The average Bonchev–Trinajstić information content (AvgIpc) is 2.42. The van der Waals surface area contributed by atoms with Gasteiger partial charge in [-0.25, -0.2) is 0 Å². The number of carbonyl (C=O) groups is 1. The van der Waals surface area contributed by atoms with E-state index in [0.717, 1.165) is 30.8 Å². The molecule has 1 fully saturated rings. The van der Waals surface area contributed by atoms with Gasteiger partial charge in [0.2, 0.25) is 5.91 Å². The second kappa shape index (κ2) is 6.71. The van der Waals surface area contributed by atoms with E-state index in [-0.39, 0.29) is 5.91 Å². The van der Waals surface area contributed by atoms with E-state index in [1.165, 1.54) is 18.4 Å². The number of rotatable bonds is 4. The number of hydrogen-bond acceptors (Lipinski definition) is 2. The van der Waals surface area contributed by atoms with Crippen LogP contribution >= 0.6 is 0 Å². The molecule has 19 heavy (non-hydrogen) atoms. The van der Waals surface area contributed by atoms with Crippen LogP contribution < -0.4 is 10.6 Å². The normalized spacial score (nSPS) is 16.3. The minimum atomic E-state index is 0.146. The summed E-state index contributed by atoms with van der Waals surface area (Å²) in [4.78, 5) is 12.0. The maximum atomic E-state index is 12.0. The van der Waals surface area contributed by atoms with Crippen LogP contribution in [0.2, 0.25) is 0 Å². The molecule has 0 aliphatic carbocycles. The standard InChI is InChI=1S/C16H24N2O/c1-12-3-4-13(2)15(11-12)18-16(19)6-5-14-7-9-17-10-8-14/h3-4,11,14,17H,5-10H2,1-2H3,(H,18,19). The minimum Gasteiger partial charge on any atom is -0.326 e. The summed E-state index contributed by atoms with van der Waals surface area (Å²) >= 11 is 0. The largest absolute Gasteiger partial charge is 0.326 e. The second-order valence-corrected chi connectivity index (χ2v) is 5.60. The molecule has 3 nitrogen and oxygen atoms in total. The van der Waals surface area contributed by atoms with Crippen molar-refractivity contribution in [2.24, 2.45) is 5.92 Å². The molecule has 0 saturated carbocycles. The summed E-state index contributed by atoms with van der Waals surface area (Å²) in [6.07, 6.45) is 4.06. The van der Waals surface area contributed by atoms with Crippen molar-refractivity contribution in [3.63, 3.8) is 0 Å². The fraction of sp³-hybridized carbons (Fsp3) is 0.562. The van der Waals surface area contributed by atoms with Gasteiger partial charge in [0.1, 0.15) is 0 Å². The highest BCUT2D eigenvalue weighted by molar-refractivity contribution is 5.91. The van der Waals surface area contributed by atoms with Crippen molar-refractivity contribution in [1.29, 1.82) is 0 Å². The summed E-state index contributed by atoms with van der Waals surface area (Å²) in [5.41, 5.74) is 3.26. The van der Waals surface area contributed by atoms with E-state index in [1.807, 2.05) is 19.9 Å². The number of amides is 1. The van der Waals surface area contributed by atoms with Crippen molar-refractivity contribution in [3.8, 4) is 0 Å². The van der Waals surface area contributed by atoms with Gasteiger partial charge in [0.05, 0.1) is 0 Å². The molecule has 1 aromatic carbocycles. The average molecular weight is 260 g/mol. The molecule has 2 N–H and O–H groups in total. The van der Waals surface area contributed by atoms with Crippen LogP contribution in [0.15, 0.2) is 18.2 Å². The van der Waals surface area contributed by atoms with Crippen molar-refractivity contribution in [2.75, 3.05) is 18.4 Å². The molecular weight excluding hydrogens is 236 g/mol. The fourth-order valence-corrected chi connectivity index (χ4v) is 2.59. The van der Waals surface area contributed by atoms with Gasteiger partial charge in [-0.2, -0.15) is 0 Å². The van der Waals surface area contributed by atoms with Crippen LogP contribution in [0.1, 0.15) is 36.8 Å². The third-order valence-corrected chi connectivity index (χ3v) is 3.91. The van der Waals surface area contributed by atoms with Gasteiger partial charge in [0, 0.05) is 12.1 Å². The molecule has 1 saturated heterocycles. The molecule has 104 valence electrons. The highest BCUT2D eigenvalue weighted by Crippen LogP contribution is 2.20. The number of anilines is 1. The Kier molecular flexibility index (Phi) is 4.97. The number of nitrogens with one attached hydrogen (secondary N) is 2. The smallest absolute Gasteiger partial charge is 0.224 e. The Balaban J connectivity index is 1.81. The maximum absolute atomic E-state index is 12.0. The Labute approximate surface area is 115 Å². The molecule has 1 amide bonds. The molecule has 0 atom stereocenters. The van der Waals surface area contributed by atoms with Crippen LogP contribution in [-0.2, 0) is 4.79 Å². The van der Waals surface area contributed by atoms with Crippen LogP contribution in [-0.4, -0.2) is 19.0 Å². The van der Waals surface area contributed by atoms with Crippen LogP contribution in [0.3, 0.4) is 0 Å². The van der Waals surface area contributed by atoms with Gasteiger partial charge in [-0.3, -0.25) is 4.79 Å². The fourth-order valence-electron chi connectivity index (χ4n) is 2.59. The molecule has 0 spiro atoms. The quantitative estimate of drug-likeness (QED) is 0.873. The SMILES string of the molecule is Cc1ccc(C)c(NC(=O)CCC2CCNCC2)c1. The first-order valence-electron chi connectivity index (χ1n) is 7.23. The summed E-state index contributed by atoms with van der Waals surface area (Å²) in [5, 5.41) is 6.39. The molecule has 0 aromatic heterocycles. The molecule has 0 radical (unpaired) electrons. The molecule has 1 aromatic rings. The van der Waals surface area contributed by atoms with Gasteiger partial charge < -0.3 is 10.6 Å². The lowest BCUT2D eigenvalue weighted by atomic mass is 9.93. The number of aryl methyl sites for hydroxylation is 2. The first kappa shape index (κ1) is 14.1. The van der Waals surface area contributed by atoms with Gasteiger partial charge in [-0.15, -0.1) is 0 Å². The number of benzene rings is 1. The summed E-state index contributed by atoms with van der Waals surface area (Å²) in [6.45, 7) is 6.28. The first-order valence-corrected chi connectivity index (χ1v) is 7.23. The predicted octanol–water partition coefficient (Wildman–Crippen LogP) is 3.02. The number of hydrogen-bond donors (Lipinski definition) is 2. The van der Waals surface area contributed by atoms with E-state index in [4.69, 9.17) is 0 Å². The molecular formula is C16H24N2O. The molecule has 3 heteroatoms. The molecule has 0 bridgehead atoms. The molecule has 1 aliphatic rings. The Morgan fingerprint density at radius 2 is 2.05 bits per heavy atom. The lowest BCUT2D eigenvalue weighted by Gasteiger charge is -2.22. The summed E-state index contributed by atoms with van der Waals surface area (Å²) in [5.74, 6) is 0.859. The lowest BCUT2D eigenvalue weighted by Crippen LogP contribution is -2.28. The van der Waals surface area contributed by atoms with Gasteiger partial charge in [0.15, 0.2) is 0 Å². The van der Waals surface area contributed by atoms with E-state index in [2.05, 4.69) is 22.8 Å². The molecule has 1 aliphatic heterocycles. The van der Waals surface area contributed by atoms with E-state index in [0.29, 0.717) is 12.3 Å². The van der Waals surface area contributed by atoms with Crippen molar-refractivity contribution in [1.82, 2.24) is 5.32 Å². The van der Waals surface area contributed by atoms with Crippen LogP contribution in [0.5, 0.6) is 0 Å². The van der Waals surface area contributed by atoms with Crippen molar-refractivity contribution >= 4 is 11.6 Å². The van der Waals surface area contributed by atoms with Crippen LogP contribution in [0.25, 0.3) is 0 Å². The molecule has 0 unspecified atom stereocenters. The lowest BCUT2D eigenvalue weighted by molar-refractivity contribution is -0.116. The van der Waals surface area contributed by atoms with Crippen molar-refractivity contribution in [2.45, 2.75) is 39.5 Å². The Bertz CT molecular complexity index is 436. The zero-order valence-corrected chi connectivity index (χ0v) is 12.0. The van der Waals surface area contributed by atoms with Gasteiger partial charge >= 0.3 is 0 Å². The zero-order chi connectivity index (χ0) is 13.7. The van der Waals surface area contributed by atoms with E-state index in [1.54, 1.807) is 0 Å². The Morgan fingerprint density at radius 1 is 1.32 bits per heavy atom. The van der Waals surface area contributed by atoms with Gasteiger partial charge in [-0.05, 0) is 69.3 Å². The topological polar surface area (TPSA) is 41.1 Å². The highest BCUT2D eigenvalue weighted by atomic mass is 16.1. The van der Waals surface area contributed by atoms with Crippen LogP contribution in [0.4, 0.5) is 5.69 Å². The Hall–Kier alpha value is -1.35. The van der Waals surface area contributed by atoms with E-state index in [9.17, 15) is 4.79 Å². The molecule has 1 heterocycles. The van der Waals surface area contributed by atoms with Crippen LogP contribution in [0, 0.1) is 19.8 Å². The number of piperidine rings is 1. The van der Waals surface area contributed by atoms with E-state index >= 15 is 0 Å².